The van der Waals surface area contributed by atoms with E-state index in [9.17, 15) is 9.59 Å². The fourth-order valence-corrected chi connectivity index (χ4v) is 0.755. The Hall–Kier alpha value is -1.92. The third-order valence-corrected chi connectivity index (χ3v) is 1.55. The number of carboxylic acid groups (broad SMARTS) is 2. The van der Waals surface area contributed by atoms with Crippen LogP contribution in [0.2, 0.25) is 0 Å². The Morgan fingerprint density at radius 2 is 1.12 bits per heavy atom. The summed E-state index contributed by atoms with van der Waals surface area (Å²) in [4.78, 5) is 20.7. The van der Waals surface area contributed by atoms with Crippen LogP contribution in [0.3, 0.4) is 0 Å². The molecule has 0 saturated heterocycles. The van der Waals surface area contributed by atoms with Gasteiger partial charge in [0.15, 0.2) is 0 Å². The maximum atomic E-state index is 10.3. The van der Waals surface area contributed by atoms with E-state index in [1.54, 1.807) is 0 Å². The number of aromatic carboxylic acids is 2. The fraction of sp³-hybridized carbons (Fsp3) is 0.200. The molecular formula is C10H14N2O4. The summed E-state index contributed by atoms with van der Waals surface area (Å²) >= 11 is 0. The topological polar surface area (TPSA) is 127 Å². The molecule has 0 heterocycles. The lowest BCUT2D eigenvalue weighted by molar-refractivity contribution is 0.0681. The van der Waals surface area contributed by atoms with Crippen molar-refractivity contribution in [3.63, 3.8) is 0 Å². The molecule has 0 spiro atoms. The molecule has 0 amide bonds. The number of carboxylic acids is 2. The van der Waals surface area contributed by atoms with Gasteiger partial charge in [-0.2, -0.15) is 0 Å². The molecule has 0 fully saturated rings. The molecule has 6 N–H and O–H groups in total. The van der Waals surface area contributed by atoms with Crippen molar-refractivity contribution in [2.45, 2.75) is 0 Å². The average molecular weight is 226 g/mol. The van der Waals surface area contributed by atoms with Crippen molar-refractivity contribution in [2.24, 2.45) is 11.5 Å². The zero-order chi connectivity index (χ0) is 12.6. The molecule has 0 aromatic heterocycles. The predicted molar refractivity (Wildman–Crippen MR) is 58.5 cm³/mol. The van der Waals surface area contributed by atoms with Gasteiger partial charge in [0, 0.05) is 13.1 Å². The first-order valence-corrected chi connectivity index (χ1v) is 4.49. The highest BCUT2D eigenvalue weighted by molar-refractivity contribution is 5.91. The maximum Gasteiger partial charge on any atom is 0.335 e. The van der Waals surface area contributed by atoms with Gasteiger partial charge in [-0.15, -0.1) is 0 Å². The van der Waals surface area contributed by atoms with Crippen molar-refractivity contribution in [3.8, 4) is 0 Å². The molecule has 6 nitrogen and oxygen atoms in total. The SMILES string of the molecule is NCCN.O=C(O)c1ccc(C(=O)O)cc1. The Kier molecular flexibility index (Phi) is 6.50. The third kappa shape index (κ3) is 5.08. The Morgan fingerprint density at radius 3 is 1.25 bits per heavy atom. The van der Waals surface area contributed by atoms with E-state index in [0.717, 1.165) is 0 Å². The van der Waals surface area contributed by atoms with Crippen LogP contribution in [0.4, 0.5) is 0 Å². The minimum atomic E-state index is -1.06. The van der Waals surface area contributed by atoms with E-state index in [1.807, 2.05) is 0 Å². The molecule has 0 radical (unpaired) electrons. The van der Waals surface area contributed by atoms with Crippen LogP contribution in [0.25, 0.3) is 0 Å². The molecule has 1 rings (SSSR count). The monoisotopic (exact) mass is 226 g/mol. The summed E-state index contributed by atoms with van der Waals surface area (Å²) in [5.41, 5.74) is 9.97. The van der Waals surface area contributed by atoms with Crippen LogP contribution in [0.1, 0.15) is 20.7 Å². The molecule has 0 saturated carbocycles. The van der Waals surface area contributed by atoms with Gasteiger partial charge in [0.25, 0.3) is 0 Å². The van der Waals surface area contributed by atoms with E-state index in [1.165, 1.54) is 24.3 Å². The summed E-state index contributed by atoms with van der Waals surface area (Å²) in [6.45, 7) is 1.19. The van der Waals surface area contributed by atoms with Gasteiger partial charge in [-0.25, -0.2) is 9.59 Å². The molecule has 88 valence electrons. The Morgan fingerprint density at radius 1 is 0.875 bits per heavy atom. The van der Waals surface area contributed by atoms with E-state index in [4.69, 9.17) is 21.7 Å². The molecule has 0 atom stereocenters. The van der Waals surface area contributed by atoms with Gasteiger partial charge < -0.3 is 21.7 Å². The predicted octanol–water partition coefficient (Wildman–Crippen LogP) is -0.0132. The lowest BCUT2D eigenvalue weighted by Crippen LogP contribution is -2.11. The molecule has 1 aromatic carbocycles. The summed E-state index contributed by atoms with van der Waals surface area (Å²) in [5.74, 6) is -2.13. The molecule has 0 unspecified atom stereocenters. The van der Waals surface area contributed by atoms with E-state index in [-0.39, 0.29) is 11.1 Å². The highest BCUT2D eigenvalue weighted by Crippen LogP contribution is 2.03. The van der Waals surface area contributed by atoms with Crippen LogP contribution in [0.5, 0.6) is 0 Å². The highest BCUT2D eigenvalue weighted by atomic mass is 16.4. The van der Waals surface area contributed by atoms with Crippen LogP contribution in [0.15, 0.2) is 24.3 Å². The smallest absolute Gasteiger partial charge is 0.335 e. The van der Waals surface area contributed by atoms with E-state index in [0.29, 0.717) is 13.1 Å². The van der Waals surface area contributed by atoms with E-state index >= 15 is 0 Å². The quantitative estimate of drug-likeness (QED) is 0.574. The van der Waals surface area contributed by atoms with Crippen LogP contribution < -0.4 is 11.5 Å². The van der Waals surface area contributed by atoms with Crippen LogP contribution in [0, 0.1) is 0 Å². The Bertz CT molecular complexity index is 313. The summed E-state index contributed by atoms with van der Waals surface area (Å²) in [6, 6.07) is 5.02. The normalized spacial score (nSPS) is 8.88. The van der Waals surface area contributed by atoms with Gasteiger partial charge in [0.1, 0.15) is 0 Å². The van der Waals surface area contributed by atoms with E-state index in [2.05, 4.69) is 0 Å². The number of hydrogen-bond donors (Lipinski definition) is 4. The fourth-order valence-electron chi connectivity index (χ4n) is 0.755. The summed E-state index contributed by atoms with van der Waals surface area (Å²) in [5, 5.41) is 16.9. The van der Waals surface area contributed by atoms with Gasteiger partial charge in [-0.1, -0.05) is 0 Å². The van der Waals surface area contributed by atoms with Crippen LogP contribution in [-0.4, -0.2) is 35.2 Å². The van der Waals surface area contributed by atoms with Gasteiger partial charge in [0.2, 0.25) is 0 Å². The second-order valence-electron chi connectivity index (χ2n) is 2.77. The Labute approximate surface area is 92.5 Å². The average Bonchev–Trinajstić information content (AvgIpc) is 2.29. The zero-order valence-corrected chi connectivity index (χ0v) is 8.59. The maximum absolute atomic E-state index is 10.3. The van der Waals surface area contributed by atoms with Crippen molar-refractivity contribution in [1.82, 2.24) is 0 Å². The summed E-state index contributed by atoms with van der Waals surface area (Å²) in [7, 11) is 0. The second-order valence-corrected chi connectivity index (χ2v) is 2.77. The number of rotatable bonds is 3. The third-order valence-electron chi connectivity index (χ3n) is 1.55. The Balaban J connectivity index is 0.000000487. The summed E-state index contributed by atoms with van der Waals surface area (Å²) < 4.78 is 0. The largest absolute Gasteiger partial charge is 0.478 e. The van der Waals surface area contributed by atoms with E-state index < -0.39 is 11.9 Å². The molecule has 1 aromatic rings. The first-order chi connectivity index (χ1) is 7.52. The number of nitrogens with two attached hydrogens (primary N) is 2. The molecule has 0 aliphatic heterocycles. The van der Waals surface area contributed by atoms with Crippen LogP contribution >= 0.6 is 0 Å². The first-order valence-electron chi connectivity index (χ1n) is 4.49. The first kappa shape index (κ1) is 14.1. The second kappa shape index (κ2) is 7.38. The molecular weight excluding hydrogens is 212 g/mol. The molecule has 0 aliphatic carbocycles. The minimum Gasteiger partial charge on any atom is -0.478 e. The van der Waals surface area contributed by atoms with Crippen molar-refractivity contribution < 1.29 is 19.8 Å². The molecule has 16 heavy (non-hydrogen) atoms. The lowest BCUT2D eigenvalue weighted by Gasteiger charge is -1.94. The lowest BCUT2D eigenvalue weighted by atomic mass is 10.1. The number of carbonyl (C=O) groups is 2. The van der Waals surface area contributed by atoms with Gasteiger partial charge in [-0.05, 0) is 24.3 Å². The van der Waals surface area contributed by atoms with Gasteiger partial charge in [0.05, 0.1) is 11.1 Å². The zero-order valence-electron chi connectivity index (χ0n) is 8.59. The van der Waals surface area contributed by atoms with Crippen LogP contribution in [-0.2, 0) is 0 Å². The molecule has 0 bridgehead atoms. The number of hydrogen-bond acceptors (Lipinski definition) is 4. The summed E-state index contributed by atoms with van der Waals surface area (Å²) in [6.07, 6.45) is 0. The molecule has 6 heteroatoms. The van der Waals surface area contributed by atoms with Crippen molar-refractivity contribution in [3.05, 3.63) is 35.4 Å². The standard InChI is InChI=1S/C8H6O4.C2H8N2/c9-7(10)5-1-2-6(4-3-5)8(11)12;3-1-2-4/h1-4H,(H,9,10)(H,11,12);1-4H2. The minimum absolute atomic E-state index is 0.0833. The molecule has 0 aliphatic rings. The van der Waals surface area contributed by atoms with Crippen molar-refractivity contribution >= 4 is 11.9 Å². The van der Waals surface area contributed by atoms with Crippen molar-refractivity contribution in [1.29, 1.82) is 0 Å². The highest BCUT2D eigenvalue weighted by Gasteiger charge is 2.04. The van der Waals surface area contributed by atoms with Crippen molar-refractivity contribution in [2.75, 3.05) is 13.1 Å². The number of benzene rings is 1. The van der Waals surface area contributed by atoms with Gasteiger partial charge >= 0.3 is 11.9 Å². The van der Waals surface area contributed by atoms with Gasteiger partial charge in [-0.3, -0.25) is 0 Å².